The molecule has 0 atom stereocenters. The molecular formula is C20H18ClN5O5. The number of halogens is 1. The maximum atomic E-state index is 11.9. The second-order valence-corrected chi connectivity index (χ2v) is 6.63. The van der Waals surface area contributed by atoms with Gasteiger partial charge in [-0.25, -0.2) is 9.78 Å². The van der Waals surface area contributed by atoms with E-state index in [1.54, 1.807) is 30.3 Å². The number of hydrogen-bond acceptors (Lipinski definition) is 9. The number of methoxy groups -OCH3 is 2. The first-order chi connectivity index (χ1) is 14.8. The fourth-order valence-electron chi connectivity index (χ4n) is 2.80. The smallest absolute Gasteiger partial charge is 0.339 e. The minimum absolute atomic E-state index is 0.0216. The van der Waals surface area contributed by atoms with Crippen LogP contribution in [0.25, 0.3) is 0 Å². The first-order valence-electron chi connectivity index (χ1n) is 8.92. The summed E-state index contributed by atoms with van der Waals surface area (Å²) in [6, 6.07) is 11.5. The zero-order valence-electron chi connectivity index (χ0n) is 16.8. The van der Waals surface area contributed by atoms with Crippen LogP contribution in [0.2, 0.25) is 5.02 Å². The van der Waals surface area contributed by atoms with E-state index >= 15 is 0 Å². The van der Waals surface area contributed by atoms with Gasteiger partial charge in [-0.2, -0.15) is 4.98 Å². The van der Waals surface area contributed by atoms with Crippen LogP contribution in [0.4, 0.5) is 28.8 Å². The minimum Gasteiger partial charge on any atom is -0.495 e. The largest absolute Gasteiger partial charge is 0.495 e. The number of aromatic nitrogens is 2. The lowest BCUT2D eigenvalue weighted by atomic mass is 10.2. The van der Waals surface area contributed by atoms with Crippen LogP contribution in [0.5, 0.6) is 5.75 Å². The molecule has 0 bridgehead atoms. The summed E-state index contributed by atoms with van der Waals surface area (Å²) in [5, 5.41) is 17.7. The van der Waals surface area contributed by atoms with Crippen LogP contribution in [0.15, 0.2) is 42.5 Å². The lowest BCUT2D eigenvalue weighted by Crippen LogP contribution is -2.08. The zero-order valence-corrected chi connectivity index (χ0v) is 17.6. The normalized spacial score (nSPS) is 10.3. The molecule has 0 aliphatic rings. The summed E-state index contributed by atoms with van der Waals surface area (Å²) in [6.07, 6.45) is 0. The van der Waals surface area contributed by atoms with Crippen molar-refractivity contribution in [3.63, 3.8) is 0 Å². The van der Waals surface area contributed by atoms with Gasteiger partial charge in [-0.3, -0.25) is 10.1 Å². The molecule has 0 saturated heterocycles. The molecule has 0 saturated carbocycles. The standard InChI is InChI=1S/C20H18ClN5O5/c1-11-17(26(28)29)18(24-15-6-4-5-7-16(15)30-2)25-20(22-11)23-12-8-9-14(21)13(10-12)19(27)31-3/h4-10H,1-3H3,(H2,22,23,24,25). The number of nitrogens with one attached hydrogen (secondary N) is 2. The van der Waals surface area contributed by atoms with Gasteiger partial charge in [0, 0.05) is 5.69 Å². The van der Waals surface area contributed by atoms with Crippen molar-refractivity contribution in [3.8, 4) is 5.75 Å². The predicted octanol–water partition coefficient (Wildman–Crippen LogP) is 4.63. The van der Waals surface area contributed by atoms with Gasteiger partial charge in [0.15, 0.2) is 0 Å². The maximum Gasteiger partial charge on any atom is 0.339 e. The van der Waals surface area contributed by atoms with E-state index in [4.69, 9.17) is 21.1 Å². The average molecular weight is 444 g/mol. The van der Waals surface area contributed by atoms with E-state index in [0.29, 0.717) is 17.1 Å². The quantitative estimate of drug-likeness (QED) is 0.305. The molecule has 0 amide bonds. The summed E-state index contributed by atoms with van der Waals surface area (Å²) in [5.41, 5.74) is 0.961. The van der Waals surface area contributed by atoms with E-state index in [-0.39, 0.29) is 33.7 Å². The molecule has 0 aliphatic heterocycles. The van der Waals surface area contributed by atoms with E-state index in [9.17, 15) is 14.9 Å². The minimum atomic E-state index is -0.604. The first-order valence-corrected chi connectivity index (χ1v) is 9.29. The molecule has 1 aromatic heterocycles. The number of nitro groups is 1. The third-order valence-electron chi connectivity index (χ3n) is 4.23. The van der Waals surface area contributed by atoms with Gasteiger partial charge >= 0.3 is 11.7 Å². The number of hydrogen-bond donors (Lipinski definition) is 2. The van der Waals surface area contributed by atoms with Gasteiger partial charge < -0.3 is 20.1 Å². The van der Waals surface area contributed by atoms with E-state index in [2.05, 4.69) is 20.6 Å². The Labute approximate surface area is 182 Å². The van der Waals surface area contributed by atoms with Gasteiger partial charge in [0.25, 0.3) is 0 Å². The summed E-state index contributed by atoms with van der Waals surface area (Å²) >= 11 is 6.04. The molecule has 11 heteroatoms. The SMILES string of the molecule is COC(=O)c1cc(Nc2nc(C)c([N+](=O)[O-])c(Nc3ccccc3OC)n2)ccc1Cl. The van der Waals surface area contributed by atoms with Crippen molar-refractivity contribution >= 4 is 46.4 Å². The van der Waals surface area contributed by atoms with E-state index in [1.807, 2.05) is 0 Å². The van der Waals surface area contributed by atoms with Crippen molar-refractivity contribution in [1.82, 2.24) is 9.97 Å². The highest BCUT2D eigenvalue weighted by Gasteiger charge is 2.23. The van der Waals surface area contributed by atoms with Gasteiger partial charge in [-0.1, -0.05) is 23.7 Å². The summed E-state index contributed by atoms with van der Waals surface area (Å²) < 4.78 is 10.00. The maximum absolute atomic E-state index is 11.9. The van der Waals surface area contributed by atoms with Crippen molar-refractivity contribution in [2.75, 3.05) is 24.9 Å². The highest BCUT2D eigenvalue weighted by atomic mass is 35.5. The van der Waals surface area contributed by atoms with E-state index in [1.165, 1.54) is 33.3 Å². The second kappa shape index (κ2) is 9.26. The van der Waals surface area contributed by atoms with Gasteiger partial charge in [-0.15, -0.1) is 0 Å². The van der Waals surface area contributed by atoms with Crippen LogP contribution in [0.1, 0.15) is 16.1 Å². The predicted molar refractivity (Wildman–Crippen MR) is 116 cm³/mol. The molecule has 3 rings (SSSR count). The summed E-state index contributed by atoms with van der Waals surface area (Å²) in [4.78, 5) is 31.3. The topological polar surface area (TPSA) is 129 Å². The molecule has 0 fully saturated rings. The van der Waals surface area contributed by atoms with Crippen LogP contribution in [-0.4, -0.2) is 35.1 Å². The van der Waals surface area contributed by atoms with Crippen molar-refractivity contribution < 1.29 is 19.2 Å². The number of para-hydroxylation sites is 2. The third-order valence-corrected chi connectivity index (χ3v) is 4.56. The van der Waals surface area contributed by atoms with E-state index in [0.717, 1.165) is 0 Å². The van der Waals surface area contributed by atoms with Crippen molar-refractivity contribution in [3.05, 3.63) is 68.9 Å². The van der Waals surface area contributed by atoms with Crippen LogP contribution >= 0.6 is 11.6 Å². The number of esters is 1. The molecule has 2 aromatic carbocycles. The van der Waals surface area contributed by atoms with Crippen LogP contribution in [0.3, 0.4) is 0 Å². The Morgan fingerprint density at radius 2 is 1.87 bits per heavy atom. The Kier molecular flexibility index (Phi) is 6.51. The molecule has 0 unspecified atom stereocenters. The Morgan fingerprint density at radius 3 is 2.55 bits per heavy atom. The molecular weight excluding hydrogens is 426 g/mol. The molecule has 0 spiro atoms. The van der Waals surface area contributed by atoms with Gasteiger partial charge in [-0.05, 0) is 37.3 Å². The van der Waals surface area contributed by atoms with Gasteiger partial charge in [0.1, 0.15) is 11.4 Å². The Morgan fingerprint density at radius 1 is 1.13 bits per heavy atom. The number of aryl methyl sites for hydroxylation is 1. The Hall–Kier alpha value is -3.92. The highest BCUT2D eigenvalue weighted by molar-refractivity contribution is 6.33. The fourth-order valence-corrected chi connectivity index (χ4v) is 3.00. The van der Waals surface area contributed by atoms with Crippen LogP contribution in [-0.2, 0) is 4.74 Å². The highest BCUT2D eigenvalue weighted by Crippen LogP contribution is 2.33. The number of ether oxygens (including phenoxy) is 2. The Balaban J connectivity index is 2.01. The number of nitrogens with zero attached hydrogens (tertiary/aromatic N) is 3. The molecule has 2 N–H and O–H groups in total. The molecule has 31 heavy (non-hydrogen) atoms. The first kappa shape index (κ1) is 21.8. The number of carbonyl (C=O) groups is 1. The van der Waals surface area contributed by atoms with Crippen molar-refractivity contribution in [1.29, 1.82) is 0 Å². The number of benzene rings is 2. The van der Waals surface area contributed by atoms with Gasteiger partial charge in [0.2, 0.25) is 11.8 Å². The summed E-state index contributed by atoms with van der Waals surface area (Å²) in [7, 11) is 2.74. The fraction of sp³-hybridized carbons (Fsp3) is 0.150. The van der Waals surface area contributed by atoms with Gasteiger partial charge in [0.05, 0.1) is 35.4 Å². The average Bonchev–Trinajstić information content (AvgIpc) is 2.74. The second-order valence-electron chi connectivity index (χ2n) is 6.22. The molecule has 1 heterocycles. The third kappa shape index (κ3) is 4.81. The van der Waals surface area contributed by atoms with Crippen molar-refractivity contribution in [2.24, 2.45) is 0 Å². The summed E-state index contributed by atoms with van der Waals surface area (Å²) in [6.45, 7) is 1.50. The van der Waals surface area contributed by atoms with Crippen molar-refractivity contribution in [2.45, 2.75) is 6.92 Å². The lowest BCUT2D eigenvalue weighted by molar-refractivity contribution is -0.385. The van der Waals surface area contributed by atoms with E-state index < -0.39 is 10.9 Å². The molecule has 10 nitrogen and oxygen atoms in total. The number of carbonyl (C=O) groups excluding carboxylic acids is 1. The molecule has 3 aromatic rings. The lowest BCUT2D eigenvalue weighted by Gasteiger charge is -2.13. The van der Waals surface area contributed by atoms with Crippen LogP contribution < -0.4 is 15.4 Å². The Bertz CT molecular complexity index is 1150. The number of rotatable bonds is 7. The monoisotopic (exact) mass is 443 g/mol. The summed E-state index contributed by atoms with van der Waals surface area (Å²) in [5.74, 6) is -0.0544. The zero-order chi connectivity index (χ0) is 22.5. The molecule has 0 aliphatic carbocycles. The number of anilines is 4. The molecule has 0 radical (unpaired) electrons. The molecule has 160 valence electrons. The van der Waals surface area contributed by atoms with Crippen LogP contribution in [0, 0.1) is 17.0 Å².